The number of aryl methyl sites for hydroxylation is 1. The molecule has 0 amide bonds. The zero-order valence-corrected chi connectivity index (χ0v) is 8.88. The molecule has 2 rings (SSSR count). The third-order valence-electron chi connectivity index (χ3n) is 2.66. The van der Waals surface area contributed by atoms with Crippen LogP contribution in [-0.2, 0) is 0 Å². The van der Waals surface area contributed by atoms with Crippen LogP contribution in [0.4, 0.5) is 5.69 Å². The predicted octanol–water partition coefficient (Wildman–Crippen LogP) is 1.21. The van der Waals surface area contributed by atoms with Crippen molar-refractivity contribution in [2.45, 2.75) is 32.7 Å². The maximum atomic E-state index is 5.47. The minimum Gasteiger partial charge on any atom is -0.381 e. The molecule has 0 aromatic carbocycles. The van der Waals surface area contributed by atoms with E-state index in [4.69, 9.17) is 5.73 Å². The van der Waals surface area contributed by atoms with Gasteiger partial charge in [0, 0.05) is 13.1 Å². The van der Waals surface area contributed by atoms with E-state index in [0.717, 1.165) is 12.2 Å². The Hall–Kier alpha value is -1.03. The van der Waals surface area contributed by atoms with Crippen LogP contribution in [0.3, 0.4) is 0 Å². The lowest BCUT2D eigenvalue weighted by Crippen LogP contribution is -2.14. The van der Waals surface area contributed by atoms with Gasteiger partial charge in [0.25, 0.3) is 0 Å². The first-order valence-electron chi connectivity index (χ1n) is 5.23. The van der Waals surface area contributed by atoms with Crippen molar-refractivity contribution >= 4 is 5.69 Å². The van der Waals surface area contributed by atoms with Crippen molar-refractivity contribution < 1.29 is 0 Å². The number of rotatable bonds is 4. The molecule has 4 heteroatoms. The monoisotopic (exact) mass is 194 g/mol. The molecule has 0 radical (unpaired) electrons. The van der Waals surface area contributed by atoms with E-state index in [1.165, 1.54) is 24.2 Å². The Morgan fingerprint density at radius 2 is 2.21 bits per heavy atom. The third kappa shape index (κ3) is 1.62. The Morgan fingerprint density at radius 1 is 1.50 bits per heavy atom. The number of aromatic nitrogens is 2. The molecule has 0 spiro atoms. The Balaban J connectivity index is 2.20. The first-order valence-corrected chi connectivity index (χ1v) is 5.23. The van der Waals surface area contributed by atoms with Gasteiger partial charge in [0.05, 0.1) is 23.1 Å². The number of nitrogens with zero attached hydrogens (tertiary/aromatic N) is 2. The van der Waals surface area contributed by atoms with Gasteiger partial charge in [-0.05, 0) is 26.7 Å². The van der Waals surface area contributed by atoms with Crippen LogP contribution in [0.1, 0.15) is 30.3 Å². The molecule has 1 fully saturated rings. The summed E-state index contributed by atoms with van der Waals surface area (Å²) in [5.74, 6) is 0. The minimum atomic E-state index is 0.655. The number of nitrogens with one attached hydrogen (secondary N) is 1. The SMILES string of the molecule is Cc1nn(C2CC2)c(C)c1NCCN. The van der Waals surface area contributed by atoms with Crippen molar-refractivity contribution in [3.63, 3.8) is 0 Å². The highest BCUT2D eigenvalue weighted by Crippen LogP contribution is 2.37. The highest BCUT2D eigenvalue weighted by molar-refractivity contribution is 5.52. The maximum Gasteiger partial charge on any atom is 0.0828 e. The van der Waals surface area contributed by atoms with Crippen molar-refractivity contribution in [2.75, 3.05) is 18.4 Å². The largest absolute Gasteiger partial charge is 0.381 e. The molecule has 1 aliphatic rings. The molecule has 1 aromatic rings. The Morgan fingerprint density at radius 3 is 2.79 bits per heavy atom. The fraction of sp³-hybridized carbons (Fsp3) is 0.700. The Bertz CT molecular complexity index is 325. The van der Waals surface area contributed by atoms with E-state index in [1.54, 1.807) is 0 Å². The predicted molar refractivity (Wildman–Crippen MR) is 57.5 cm³/mol. The molecule has 0 aliphatic heterocycles. The van der Waals surface area contributed by atoms with Gasteiger partial charge in [0.15, 0.2) is 0 Å². The second-order valence-electron chi connectivity index (χ2n) is 3.94. The van der Waals surface area contributed by atoms with Gasteiger partial charge in [-0.2, -0.15) is 5.10 Å². The van der Waals surface area contributed by atoms with Crippen LogP contribution < -0.4 is 11.1 Å². The average molecular weight is 194 g/mol. The second kappa shape index (κ2) is 3.61. The summed E-state index contributed by atoms with van der Waals surface area (Å²) in [6.07, 6.45) is 2.55. The lowest BCUT2D eigenvalue weighted by atomic mass is 10.3. The lowest BCUT2D eigenvalue weighted by molar-refractivity contribution is 0.617. The van der Waals surface area contributed by atoms with Gasteiger partial charge in [0.2, 0.25) is 0 Å². The second-order valence-corrected chi connectivity index (χ2v) is 3.94. The van der Waals surface area contributed by atoms with E-state index in [2.05, 4.69) is 22.0 Å². The molecule has 0 atom stereocenters. The van der Waals surface area contributed by atoms with E-state index in [0.29, 0.717) is 12.6 Å². The van der Waals surface area contributed by atoms with Crippen molar-refractivity contribution in [1.29, 1.82) is 0 Å². The van der Waals surface area contributed by atoms with Gasteiger partial charge in [0.1, 0.15) is 0 Å². The molecule has 1 aromatic heterocycles. The van der Waals surface area contributed by atoms with Crippen LogP contribution in [-0.4, -0.2) is 22.9 Å². The molecule has 3 N–H and O–H groups in total. The number of hydrogen-bond acceptors (Lipinski definition) is 3. The van der Waals surface area contributed by atoms with Crippen LogP contribution in [0.25, 0.3) is 0 Å². The molecule has 1 saturated carbocycles. The summed E-state index contributed by atoms with van der Waals surface area (Å²) < 4.78 is 2.15. The molecule has 78 valence electrons. The summed E-state index contributed by atoms with van der Waals surface area (Å²) in [6.45, 7) is 5.65. The highest BCUT2D eigenvalue weighted by atomic mass is 15.3. The molecular weight excluding hydrogens is 176 g/mol. The first kappa shape index (κ1) is 9.52. The van der Waals surface area contributed by atoms with Crippen LogP contribution in [0.5, 0.6) is 0 Å². The molecule has 14 heavy (non-hydrogen) atoms. The smallest absolute Gasteiger partial charge is 0.0828 e. The molecular formula is C10H18N4. The number of nitrogens with two attached hydrogens (primary N) is 1. The van der Waals surface area contributed by atoms with Crippen molar-refractivity contribution in [3.8, 4) is 0 Å². The van der Waals surface area contributed by atoms with Gasteiger partial charge in [-0.3, -0.25) is 4.68 Å². The van der Waals surface area contributed by atoms with Gasteiger partial charge in [-0.15, -0.1) is 0 Å². The van der Waals surface area contributed by atoms with Gasteiger partial charge >= 0.3 is 0 Å². The molecule has 0 unspecified atom stereocenters. The van der Waals surface area contributed by atoms with E-state index in [1.807, 2.05) is 6.92 Å². The maximum absolute atomic E-state index is 5.47. The zero-order chi connectivity index (χ0) is 10.1. The van der Waals surface area contributed by atoms with Gasteiger partial charge < -0.3 is 11.1 Å². The third-order valence-corrected chi connectivity index (χ3v) is 2.66. The molecule has 1 aliphatic carbocycles. The van der Waals surface area contributed by atoms with Crippen LogP contribution >= 0.6 is 0 Å². The molecule has 0 bridgehead atoms. The summed E-state index contributed by atoms with van der Waals surface area (Å²) in [5.41, 5.74) is 8.97. The fourth-order valence-electron chi connectivity index (χ4n) is 1.79. The van der Waals surface area contributed by atoms with E-state index < -0.39 is 0 Å². The highest BCUT2D eigenvalue weighted by Gasteiger charge is 2.27. The number of anilines is 1. The Kier molecular flexibility index (Phi) is 2.46. The normalized spacial score (nSPS) is 15.9. The topological polar surface area (TPSA) is 55.9 Å². The van der Waals surface area contributed by atoms with Gasteiger partial charge in [-0.25, -0.2) is 0 Å². The first-order chi connectivity index (χ1) is 6.74. The fourth-order valence-corrected chi connectivity index (χ4v) is 1.79. The van der Waals surface area contributed by atoms with Gasteiger partial charge in [-0.1, -0.05) is 0 Å². The van der Waals surface area contributed by atoms with Crippen molar-refractivity contribution in [3.05, 3.63) is 11.4 Å². The summed E-state index contributed by atoms with van der Waals surface area (Å²) in [5, 5.41) is 7.86. The zero-order valence-electron chi connectivity index (χ0n) is 8.88. The van der Waals surface area contributed by atoms with Crippen molar-refractivity contribution in [2.24, 2.45) is 5.73 Å². The van der Waals surface area contributed by atoms with Crippen molar-refractivity contribution in [1.82, 2.24) is 9.78 Å². The van der Waals surface area contributed by atoms with Crippen LogP contribution in [0.15, 0.2) is 0 Å². The van der Waals surface area contributed by atoms with E-state index in [-0.39, 0.29) is 0 Å². The molecule has 0 saturated heterocycles. The summed E-state index contributed by atoms with van der Waals surface area (Å²) in [7, 11) is 0. The minimum absolute atomic E-state index is 0.655. The summed E-state index contributed by atoms with van der Waals surface area (Å²) in [4.78, 5) is 0. The van der Waals surface area contributed by atoms with Crippen LogP contribution in [0.2, 0.25) is 0 Å². The molecule has 1 heterocycles. The Labute approximate surface area is 84.5 Å². The van der Waals surface area contributed by atoms with Crippen LogP contribution in [0, 0.1) is 13.8 Å². The summed E-state index contributed by atoms with van der Waals surface area (Å²) in [6, 6.07) is 0.655. The number of hydrogen-bond donors (Lipinski definition) is 2. The average Bonchev–Trinajstić information content (AvgIpc) is 2.94. The lowest BCUT2D eigenvalue weighted by Gasteiger charge is -2.05. The standard InChI is InChI=1S/C10H18N4/c1-7-10(12-6-5-11)8(2)14(13-7)9-3-4-9/h9,12H,3-6,11H2,1-2H3. The van der Waals surface area contributed by atoms with E-state index >= 15 is 0 Å². The summed E-state index contributed by atoms with van der Waals surface area (Å²) >= 11 is 0. The molecule has 4 nitrogen and oxygen atoms in total. The van der Waals surface area contributed by atoms with E-state index in [9.17, 15) is 0 Å². The quantitative estimate of drug-likeness (QED) is 0.757.